The van der Waals surface area contributed by atoms with Crippen molar-refractivity contribution >= 4 is 5.91 Å². The number of hydrogen-bond acceptors (Lipinski definition) is 3. The Morgan fingerprint density at radius 2 is 1.92 bits per heavy atom. The topological polar surface area (TPSA) is 58.6 Å². The number of ether oxygens (including phenoxy) is 1. The van der Waals surface area contributed by atoms with Crippen molar-refractivity contribution in [3.8, 4) is 5.75 Å². The van der Waals surface area contributed by atoms with Gasteiger partial charge in [0.25, 0.3) is 0 Å². The SMILES string of the molecule is COc1ccc([C@H](O)CNC(=O)[C@@H]2CCCC[C@H]2C(F)(F)F)cc1. The molecule has 134 valence electrons. The van der Waals surface area contributed by atoms with E-state index < -0.39 is 30.0 Å². The fourth-order valence-corrected chi connectivity index (χ4v) is 3.11. The highest BCUT2D eigenvalue weighted by Crippen LogP contribution is 2.41. The lowest BCUT2D eigenvalue weighted by molar-refractivity contribution is -0.198. The summed E-state index contributed by atoms with van der Waals surface area (Å²) >= 11 is 0. The Bertz CT molecular complexity index is 545. The average molecular weight is 345 g/mol. The van der Waals surface area contributed by atoms with E-state index in [-0.39, 0.29) is 19.4 Å². The number of hydrogen-bond donors (Lipinski definition) is 2. The molecule has 1 amide bonds. The maximum atomic E-state index is 13.0. The summed E-state index contributed by atoms with van der Waals surface area (Å²) in [4.78, 5) is 12.1. The van der Waals surface area contributed by atoms with Gasteiger partial charge in [-0.05, 0) is 30.5 Å². The molecule has 0 heterocycles. The van der Waals surface area contributed by atoms with Crippen LogP contribution in [-0.2, 0) is 4.79 Å². The quantitative estimate of drug-likeness (QED) is 0.861. The van der Waals surface area contributed by atoms with E-state index in [1.54, 1.807) is 24.3 Å². The van der Waals surface area contributed by atoms with Gasteiger partial charge in [0.15, 0.2) is 0 Å². The number of methoxy groups -OCH3 is 1. The standard InChI is InChI=1S/C17H22F3NO3/c1-24-12-8-6-11(7-9-12)15(22)10-21-16(23)13-4-2-3-5-14(13)17(18,19)20/h6-9,13-15,22H,2-5,10H2,1H3,(H,21,23)/t13-,14-,15-/m1/s1. The number of nitrogens with one attached hydrogen (secondary N) is 1. The summed E-state index contributed by atoms with van der Waals surface area (Å²) in [5.41, 5.74) is 0.562. The second kappa shape index (κ2) is 7.88. The molecule has 2 rings (SSSR count). The van der Waals surface area contributed by atoms with Gasteiger partial charge in [-0.1, -0.05) is 25.0 Å². The fraction of sp³-hybridized carbons (Fsp3) is 0.588. The number of alkyl halides is 3. The van der Waals surface area contributed by atoms with Crippen molar-refractivity contribution in [2.24, 2.45) is 11.8 Å². The summed E-state index contributed by atoms with van der Waals surface area (Å²) in [5, 5.41) is 12.5. The first kappa shape index (κ1) is 18.6. The number of carbonyl (C=O) groups is 1. The van der Waals surface area contributed by atoms with E-state index in [9.17, 15) is 23.1 Å². The average Bonchev–Trinajstić information content (AvgIpc) is 2.58. The molecule has 0 unspecified atom stereocenters. The summed E-state index contributed by atoms with van der Waals surface area (Å²) in [7, 11) is 1.52. The van der Waals surface area contributed by atoms with Crippen LogP contribution in [0.25, 0.3) is 0 Å². The molecule has 0 spiro atoms. The maximum Gasteiger partial charge on any atom is 0.392 e. The molecule has 1 aliphatic rings. The van der Waals surface area contributed by atoms with Crippen LogP contribution in [-0.4, -0.2) is 30.8 Å². The number of aliphatic hydroxyl groups is 1. The van der Waals surface area contributed by atoms with Crippen LogP contribution in [0.2, 0.25) is 0 Å². The molecule has 1 aromatic rings. The molecular formula is C17H22F3NO3. The summed E-state index contributed by atoms with van der Waals surface area (Å²) in [6.45, 7) is -0.119. The zero-order chi connectivity index (χ0) is 17.7. The minimum Gasteiger partial charge on any atom is -0.497 e. The minimum atomic E-state index is -4.36. The van der Waals surface area contributed by atoms with Crippen LogP contribution in [0.4, 0.5) is 13.2 Å². The zero-order valence-corrected chi connectivity index (χ0v) is 13.5. The van der Waals surface area contributed by atoms with Gasteiger partial charge in [-0.15, -0.1) is 0 Å². The summed E-state index contributed by atoms with van der Waals surface area (Å²) < 4.78 is 44.1. The number of rotatable bonds is 5. The highest BCUT2D eigenvalue weighted by molar-refractivity contribution is 5.79. The van der Waals surface area contributed by atoms with Gasteiger partial charge in [-0.2, -0.15) is 13.2 Å². The van der Waals surface area contributed by atoms with E-state index in [1.807, 2.05) is 0 Å². The number of carbonyl (C=O) groups excluding carboxylic acids is 1. The van der Waals surface area contributed by atoms with E-state index in [0.29, 0.717) is 24.2 Å². The normalized spacial score (nSPS) is 22.7. The van der Waals surface area contributed by atoms with Gasteiger partial charge in [0.1, 0.15) is 5.75 Å². The second-order valence-corrected chi connectivity index (χ2v) is 6.07. The molecule has 0 radical (unpaired) electrons. The number of benzene rings is 1. The Labute approximate surface area is 139 Å². The smallest absolute Gasteiger partial charge is 0.392 e. The minimum absolute atomic E-state index is 0.0113. The van der Waals surface area contributed by atoms with E-state index in [4.69, 9.17) is 4.74 Å². The monoisotopic (exact) mass is 345 g/mol. The molecule has 1 fully saturated rings. The predicted molar refractivity (Wildman–Crippen MR) is 82.5 cm³/mol. The fourth-order valence-electron chi connectivity index (χ4n) is 3.11. The Hall–Kier alpha value is -1.76. The van der Waals surface area contributed by atoms with Crippen molar-refractivity contribution in [2.75, 3.05) is 13.7 Å². The van der Waals surface area contributed by atoms with Crippen molar-refractivity contribution in [3.63, 3.8) is 0 Å². The van der Waals surface area contributed by atoms with Crippen LogP contribution in [0, 0.1) is 11.8 Å². The van der Waals surface area contributed by atoms with Crippen molar-refractivity contribution in [1.82, 2.24) is 5.32 Å². The Balaban J connectivity index is 1.93. The molecule has 4 nitrogen and oxygen atoms in total. The van der Waals surface area contributed by atoms with Crippen LogP contribution in [0.15, 0.2) is 24.3 Å². The lowest BCUT2D eigenvalue weighted by atomic mass is 9.78. The van der Waals surface area contributed by atoms with E-state index in [0.717, 1.165) is 0 Å². The number of halogens is 3. The first-order chi connectivity index (χ1) is 11.3. The lowest BCUT2D eigenvalue weighted by Gasteiger charge is -2.32. The first-order valence-corrected chi connectivity index (χ1v) is 7.99. The molecule has 24 heavy (non-hydrogen) atoms. The molecule has 0 aromatic heterocycles. The number of aliphatic hydroxyl groups excluding tert-OH is 1. The molecule has 0 bridgehead atoms. The van der Waals surface area contributed by atoms with Gasteiger partial charge in [0.2, 0.25) is 5.91 Å². The van der Waals surface area contributed by atoms with Gasteiger partial charge in [-0.25, -0.2) is 0 Å². The van der Waals surface area contributed by atoms with Crippen molar-refractivity contribution < 1.29 is 27.8 Å². The third-order valence-electron chi connectivity index (χ3n) is 4.49. The van der Waals surface area contributed by atoms with Gasteiger partial charge >= 0.3 is 6.18 Å². The Morgan fingerprint density at radius 3 is 2.50 bits per heavy atom. The summed E-state index contributed by atoms with van der Waals surface area (Å²) in [6, 6.07) is 6.63. The van der Waals surface area contributed by atoms with Crippen LogP contribution >= 0.6 is 0 Å². The van der Waals surface area contributed by atoms with Crippen LogP contribution < -0.4 is 10.1 Å². The van der Waals surface area contributed by atoms with Gasteiger partial charge in [0, 0.05) is 12.5 Å². The molecule has 1 aliphatic carbocycles. The molecule has 7 heteroatoms. The first-order valence-electron chi connectivity index (χ1n) is 7.99. The van der Waals surface area contributed by atoms with Gasteiger partial charge < -0.3 is 15.2 Å². The molecular weight excluding hydrogens is 323 g/mol. The van der Waals surface area contributed by atoms with Gasteiger partial charge in [-0.3, -0.25) is 4.79 Å². The predicted octanol–water partition coefficient (Wildman–Crippen LogP) is 3.21. The van der Waals surface area contributed by atoms with Crippen LogP contribution in [0.5, 0.6) is 5.75 Å². The molecule has 3 atom stereocenters. The van der Waals surface area contributed by atoms with Crippen molar-refractivity contribution in [1.29, 1.82) is 0 Å². The number of amides is 1. The molecule has 2 N–H and O–H groups in total. The summed E-state index contributed by atoms with van der Waals surface area (Å²) in [5.74, 6) is -2.67. The Morgan fingerprint density at radius 1 is 1.29 bits per heavy atom. The Kier molecular flexibility index (Phi) is 6.10. The summed E-state index contributed by atoms with van der Waals surface area (Å²) in [6.07, 6.45) is -4.02. The van der Waals surface area contributed by atoms with Gasteiger partial charge in [0.05, 0.1) is 19.1 Å². The van der Waals surface area contributed by atoms with Crippen LogP contribution in [0.3, 0.4) is 0 Å². The van der Waals surface area contributed by atoms with E-state index >= 15 is 0 Å². The molecule has 1 saturated carbocycles. The second-order valence-electron chi connectivity index (χ2n) is 6.07. The highest BCUT2D eigenvalue weighted by Gasteiger charge is 2.47. The molecule has 1 aromatic carbocycles. The van der Waals surface area contributed by atoms with E-state index in [1.165, 1.54) is 7.11 Å². The third-order valence-corrected chi connectivity index (χ3v) is 4.49. The molecule has 0 aliphatic heterocycles. The van der Waals surface area contributed by atoms with E-state index in [2.05, 4.69) is 5.32 Å². The van der Waals surface area contributed by atoms with Crippen LogP contribution in [0.1, 0.15) is 37.4 Å². The maximum absolute atomic E-state index is 13.0. The van der Waals surface area contributed by atoms with Crippen molar-refractivity contribution in [2.45, 2.75) is 38.0 Å². The van der Waals surface area contributed by atoms with Crippen molar-refractivity contribution in [3.05, 3.63) is 29.8 Å². The zero-order valence-electron chi connectivity index (χ0n) is 13.5. The highest BCUT2D eigenvalue weighted by atomic mass is 19.4. The largest absolute Gasteiger partial charge is 0.497 e. The molecule has 0 saturated heterocycles. The third kappa shape index (κ3) is 4.63. The lowest BCUT2D eigenvalue weighted by Crippen LogP contribution is -2.43.